The quantitative estimate of drug-likeness (QED) is 0.796. The predicted molar refractivity (Wildman–Crippen MR) is 73.3 cm³/mol. The highest BCUT2D eigenvalue weighted by atomic mass is 16.4. The second kappa shape index (κ2) is 5.99. The SMILES string of the molecule is CC1CCC(N(C)C(=O)N2C[C@H](O)C[C@H]2C(=O)O)CC1. The van der Waals surface area contributed by atoms with Crippen molar-refractivity contribution in [3.63, 3.8) is 0 Å². The molecule has 6 nitrogen and oxygen atoms in total. The van der Waals surface area contributed by atoms with Gasteiger partial charge < -0.3 is 20.0 Å². The summed E-state index contributed by atoms with van der Waals surface area (Å²) < 4.78 is 0. The fourth-order valence-corrected chi connectivity index (χ4v) is 3.25. The van der Waals surface area contributed by atoms with Crippen LogP contribution in [0.2, 0.25) is 0 Å². The van der Waals surface area contributed by atoms with Crippen molar-refractivity contribution >= 4 is 12.0 Å². The van der Waals surface area contributed by atoms with Crippen LogP contribution in [0.5, 0.6) is 0 Å². The van der Waals surface area contributed by atoms with E-state index in [0.717, 1.165) is 25.7 Å². The van der Waals surface area contributed by atoms with Gasteiger partial charge in [0.25, 0.3) is 0 Å². The van der Waals surface area contributed by atoms with Gasteiger partial charge >= 0.3 is 12.0 Å². The number of β-amino-alcohol motifs (C(OH)–C–C–N with tert-alkyl or cyclic N) is 1. The standard InChI is InChI=1S/C14H24N2O4/c1-9-3-5-10(6-4-9)15(2)14(20)16-8-11(17)7-12(16)13(18)19/h9-12,17H,3-8H2,1-2H3,(H,18,19)/t9?,10?,11-,12+/m1/s1. The van der Waals surface area contributed by atoms with E-state index < -0.39 is 18.1 Å². The number of aliphatic carboxylic acids is 1. The zero-order chi connectivity index (χ0) is 14.9. The molecule has 0 bridgehead atoms. The highest BCUT2D eigenvalue weighted by Crippen LogP contribution is 2.28. The number of carbonyl (C=O) groups excluding carboxylic acids is 1. The Morgan fingerprint density at radius 2 is 1.80 bits per heavy atom. The molecule has 0 aromatic carbocycles. The van der Waals surface area contributed by atoms with E-state index in [4.69, 9.17) is 5.11 Å². The highest BCUT2D eigenvalue weighted by Gasteiger charge is 2.41. The molecule has 1 saturated carbocycles. The van der Waals surface area contributed by atoms with Crippen molar-refractivity contribution in [2.45, 2.75) is 57.2 Å². The monoisotopic (exact) mass is 284 g/mol. The van der Waals surface area contributed by atoms with Crippen molar-refractivity contribution in [2.75, 3.05) is 13.6 Å². The fraction of sp³-hybridized carbons (Fsp3) is 0.857. The molecule has 6 heteroatoms. The first kappa shape index (κ1) is 15.1. The Morgan fingerprint density at radius 3 is 2.35 bits per heavy atom. The van der Waals surface area contributed by atoms with Crippen molar-refractivity contribution < 1.29 is 19.8 Å². The van der Waals surface area contributed by atoms with E-state index in [1.165, 1.54) is 4.90 Å². The van der Waals surface area contributed by atoms with Gasteiger partial charge in [0.2, 0.25) is 0 Å². The molecule has 2 aliphatic rings. The van der Waals surface area contributed by atoms with Crippen LogP contribution in [0.4, 0.5) is 4.79 Å². The summed E-state index contributed by atoms with van der Waals surface area (Å²) in [5, 5.41) is 18.8. The molecule has 0 radical (unpaired) electrons. The molecule has 2 rings (SSSR count). The number of carboxylic acid groups (broad SMARTS) is 1. The maximum atomic E-state index is 12.5. The lowest BCUT2D eigenvalue weighted by molar-refractivity contribution is -0.141. The van der Waals surface area contributed by atoms with Gasteiger partial charge in [-0.2, -0.15) is 0 Å². The van der Waals surface area contributed by atoms with E-state index in [0.29, 0.717) is 5.92 Å². The zero-order valence-corrected chi connectivity index (χ0v) is 12.2. The number of carboxylic acids is 1. The molecule has 114 valence electrons. The fourth-order valence-electron chi connectivity index (χ4n) is 3.25. The minimum absolute atomic E-state index is 0.114. The van der Waals surface area contributed by atoms with Crippen LogP contribution < -0.4 is 0 Å². The Balaban J connectivity index is 2.00. The normalized spacial score (nSPS) is 34.0. The lowest BCUT2D eigenvalue weighted by Gasteiger charge is -2.36. The molecule has 0 aromatic heterocycles. The van der Waals surface area contributed by atoms with Crippen molar-refractivity contribution in [1.29, 1.82) is 0 Å². The first-order valence-electron chi connectivity index (χ1n) is 7.34. The second-order valence-electron chi connectivity index (χ2n) is 6.20. The lowest BCUT2D eigenvalue weighted by atomic mass is 9.87. The number of urea groups is 1. The number of nitrogens with zero attached hydrogens (tertiary/aromatic N) is 2. The number of amides is 2. The molecule has 2 atom stereocenters. The molecule has 20 heavy (non-hydrogen) atoms. The van der Waals surface area contributed by atoms with E-state index in [1.807, 2.05) is 0 Å². The molecule has 2 amide bonds. The molecule has 1 heterocycles. The number of likely N-dealkylation sites (tertiary alicyclic amines) is 1. The maximum absolute atomic E-state index is 12.5. The maximum Gasteiger partial charge on any atom is 0.326 e. The number of hydrogen-bond donors (Lipinski definition) is 2. The average molecular weight is 284 g/mol. The Bertz CT molecular complexity index is 379. The van der Waals surface area contributed by atoms with Gasteiger partial charge in [0, 0.05) is 26.1 Å². The van der Waals surface area contributed by atoms with Crippen LogP contribution in [0.25, 0.3) is 0 Å². The van der Waals surface area contributed by atoms with Crippen LogP contribution >= 0.6 is 0 Å². The van der Waals surface area contributed by atoms with Gasteiger partial charge in [0.05, 0.1) is 6.10 Å². The summed E-state index contributed by atoms with van der Waals surface area (Å²) in [5.41, 5.74) is 0. The van der Waals surface area contributed by atoms with E-state index >= 15 is 0 Å². The number of aliphatic hydroxyl groups excluding tert-OH is 1. The summed E-state index contributed by atoms with van der Waals surface area (Å²) in [6.45, 7) is 2.33. The lowest BCUT2D eigenvalue weighted by Crippen LogP contribution is -2.50. The molecule has 2 N–H and O–H groups in total. The van der Waals surface area contributed by atoms with Crippen molar-refractivity contribution in [1.82, 2.24) is 9.80 Å². The topological polar surface area (TPSA) is 81.1 Å². The van der Waals surface area contributed by atoms with Gasteiger partial charge in [-0.1, -0.05) is 6.92 Å². The van der Waals surface area contributed by atoms with Crippen LogP contribution in [-0.2, 0) is 4.79 Å². The third kappa shape index (κ3) is 3.06. The van der Waals surface area contributed by atoms with E-state index in [9.17, 15) is 14.7 Å². The average Bonchev–Trinajstić information content (AvgIpc) is 2.80. The molecule has 0 spiro atoms. The minimum atomic E-state index is -1.04. The Hall–Kier alpha value is -1.30. The smallest absolute Gasteiger partial charge is 0.326 e. The van der Waals surface area contributed by atoms with Crippen LogP contribution in [0.15, 0.2) is 0 Å². The third-order valence-corrected chi connectivity index (χ3v) is 4.64. The second-order valence-corrected chi connectivity index (χ2v) is 6.20. The first-order chi connectivity index (χ1) is 9.40. The number of aliphatic hydroxyl groups is 1. The minimum Gasteiger partial charge on any atom is -0.480 e. The number of hydrogen-bond acceptors (Lipinski definition) is 3. The Morgan fingerprint density at radius 1 is 1.20 bits per heavy atom. The predicted octanol–water partition coefficient (Wildman–Crippen LogP) is 1.14. The van der Waals surface area contributed by atoms with Gasteiger partial charge in [-0.15, -0.1) is 0 Å². The highest BCUT2D eigenvalue weighted by molar-refractivity contribution is 5.83. The third-order valence-electron chi connectivity index (χ3n) is 4.64. The summed E-state index contributed by atoms with van der Waals surface area (Å²) in [5.74, 6) is -0.337. The molecular weight excluding hydrogens is 260 g/mol. The van der Waals surface area contributed by atoms with Gasteiger partial charge in [0.1, 0.15) is 6.04 Å². The first-order valence-corrected chi connectivity index (χ1v) is 7.34. The van der Waals surface area contributed by atoms with Crippen molar-refractivity contribution in [3.8, 4) is 0 Å². The van der Waals surface area contributed by atoms with Gasteiger partial charge in [0.15, 0.2) is 0 Å². The van der Waals surface area contributed by atoms with Crippen LogP contribution in [0, 0.1) is 5.92 Å². The zero-order valence-electron chi connectivity index (χ0n) is 12.2. The summed E-state index contributed by atoms with van der Waals surface area (Å²) in [4.78, 5) is 26.6. The van der Waals surface area contributed by atoms with Crippen molar-refractivity contribution in [3.05, 3.63) is 0 Å². The van der Waals surface area contributed by atoms with Gasteiger partial charge in [-0.05, 0) is 31.6 Å². The molecule has 0 aromatic rings. The molecule has 2 fully saturated rings. The molecule has 1 aliphatic carbocycles. The van der Waals surface area contributed by atoms with E-state index in [-0.39, 0.29) is 25.0 Å². The summed E-state index contributed by atoms with van der Waals surface area (Å²) in [7, 11) is 1.74. The molecular formula is C14H24N2O4. The van der Waals surface area contributed by atoms with Crippen LogP contribution in [0.1, 0.15) is 39.0 Å². The van der Waals surface area contributed by atoms with Crippen LogP contribution in [0.3, 0.4) is 0 Å². The Labute approximate surface area is 119 Å². The number of carbonyl (C=O) groups is 2. The molecule has 1 saturated heterocycles. The van der Waals surface area contributed by atoms with E-state index in [1.54, 1.807) is 11.9 Å². The summed E-state index contributed by atoms with van der Waals surface area (Å²) in [6.07, 6.45) is 3.53. The Kier molecular flexibility index (Phi) is 4.52. The largest absolute Gasteiger partial charge is 0.480 e. The van der Waals surface area contributed by atoms with E-state index in [2.05, 4.69) is 6.92 Å². The number of rotatable bonds is 2. The van der Waals surface area contributed by atoms with Gasteiger partial charge in [-0.3, -0.25) is 0 Å². The molecule has 0 unspecified atom stereocenters. The molecule has 1 aliphatic heterocycles. The van der Waals surface area contributed by atoms with Crippen LogP contribution in [-0.4, -0.2) is 63.8 Å². The summed E-state index contributed by atoms with van der Waals surface area (Å²) in [6, 6.07) is -0.984. The van der Waals surface area contributed by atoms with Crippen molar-refractivity contribution in [2.24, 2.45) is 5.92 Å². The summed E-state index contributed by atoms with van der Waals surface area (Å²) >= 11 is 0. The van der Waals surface area contributed by atoms with Gasteiger partial charge in [-0.25, -0.2) is 9.59 Å².